The molecule has 0 aromatic heterocycles. The maximum absolute atomic E-state index is 11.6. The van der Waals surface area contributed by atoms with E-state index < -0.39 is 24.1 Å². The van der Waals surface area contributed by atoms with Gasteiger partial charge in [0.25, 0.3) is 0 Å². The van der Waals surface area contributed by atoms with Crippen LogP contribution in [0.2, 0.25) is 0 Å². The Morgan fingerprint density at radius 1 is 1.32 bits per heavy atom. The van der Waals surface area contributed by atoms with E-state index in [-0.39, 0.29) is 18.9 Å². The van der Waals surface area contributed by atoms with Gasteiger partial charge in [0.2, 0.25) is 5.91 Å². The maximum atomic E-state index is 11.6. The van der Waals surface area contributed by atoms with Crippen molar-refractivity contribution in [2.45, 2.75) is 32.4 Å². The first-order valence-electron chi connectivity index (χ1n) is 5.99. The number of aliphatic hydroxyl groups excluding tert-OH is 1. The predicted molar refractivity (Wildman–Crippen MR) is 67.6 cm³/mol. The van der Waals surface area contributed by atoms with Gasteiger partial charge in [0.05, 0.1) is 0 Å². The number of likely N-dealkylation sites (N-methyl/N-ethyl adjacent to an activating group) is 1. The number of hydrogen-bond donors (Lipinski definition) is 4. The molecule has 19 heavy (non-hydrogen) atoms. The molecule has 0 fully saturated rings. The summed E-state index contributed by atoms with van der Waals surface area (Å²) >= 11 is 0. The van der Waals surface area contributed by atoms with E-state index in [1.165, 1.54) is 4.90 Å². The number of carboxylic acids is 1. The molecular weight excluding hydrogens is 254 g/mol. The lowest BCUT2D eigenvalue weighted by Gasteiger charge is -2.20. The highest BCUT2D eigenvalue weighted by Gasteiger charge is 2.18. The molecule has 0 aromatic carbocycles. The molecule has 0 saturated heterocycles. The molecule has 0 bridgehead atoms. The number of carboxylic acid groups (broad SMARTS) is 1. The molecule has 8 heteroatoms. The Hall–Kier alpha value is -1.83. The Morgan fingerprint density at radius 2 is 1.89 bits per heavy atom. The van der Waals surface area contributed by atoms with E-state index in [2.05, 4.69) is 10.6 Å². The number of amides is 3. The first kappa shape index (κ1) is 17.2. The molecule has 0 rings (SSSR count). The third kappa shape index (κ3) is 6.61. The molecule has 0 heterocycles. The van der Waals surface area contributed by atoms with Gasteiger partial charge in [-0.1, -0.05) is 0 Å². The SMILES string of the molecule is CCN(C)C(=O)C(C)NC(=O)NCC[C@H](O)C(=O)O. The van der Waals surface area contributed by atoms with Crippen LogP contribution < -0.4 is 10.6 Å². The number of carbonyl (C=O) groups is 3. The molecule has 8 nitrogen and oxygen atoms in total. The van der Waals surface area contributed by atoms with Gasteiger partial charge >= 0.3 is 12.0 Å². The monoisotopic (exact) mass is 275 g/mol. The Kier molecular flexibility index (Phi) is 7.50. The van der Waals surface area contributed by atoms with Crippen LogP contribution in [0.4, 0.5) is 4.79 Å². The molecular formula is C11H21N3O5. The molecule has 0 aromatic rings. The second-order valence-corrected chi connectivity index (χ2v) is 4.12. The fourth-order valence-electron chi connectivity index (χ4n) is 1.24. The quantitative estimate of drug-likeness (QED) is 0.474. The van der Waals surface area contributed by atoms with Gasteiger partial charge < -0.3 is 25.7 Å². The van der Waals surface area contributed by atoms with Gasteiger partial charge in [0, 0.05) is 26.6 Å². The number of rotatable bonds is 7. The topological polar surface area (TPSA) is 119 Å². The average Bonchev–Trinajstić information content (AvgIpc) is 2.36. The van der Waals surface area contributed by atoms with E-state index in [0.717, 1.165) is 0 Å². The normalized spacial score (nSPS) is 13.3. The first-order chi connectivity index (χ1) is 8.79. The lowest BCUT2D eigenvalue weighted by Crippen LogP contribution is -2.49. The van der Waals surface area contributed by atoms with Gasteiger partial charge in [-0.05, 0) is 13.8 Å². The van der Waals surface area contributed by atoms with Crippen molar-refractivity contribution >= 4 is 17.9 Å². The number of hydrogen-bond acceptors (Lipinski definition) is 4. The molecule has 0 saturated carbocycles. The summed E-state index contributed by atoms with van der Waals surface area (Å²) < 4.78 is 0. The zero-order chi connectivity index (χ0) is 15.0. The van der Waals surface area contributed by atoms with E-state index in [9.17, 15) is 14.4 Å². The highest BCUT2D eigenvalue weighted by Crippen LogP contribution is 1.92. The lowest BCUT2D eigenvalue weighted by molar-refractivity contribution is -0.146. The molecule has 0 aliphatic carbocycles. The third-order valence-corrected chi connectivity index (χ3v) is 2.56. The Morgan fingerprint density at radius 3 is 2.37 bits per heavy atom. The molecule has 0 aliphatic rings. The highest BCUT2D eigenvalue weighted by molar-refractivity contribution is 5.86. The molecule has 0 radical (unpaired) electrons. The van der Waals surface area contributed by atoms with Crippen molar-refractivity contribution in [3.63, 3.8) is 0 Å². The van der Waals surface area contributed by atoms with Crippen molar-refractivity contribution in [2.75, 3.05) is 20.1 Å². The zero-order valence-corrected chi connectivity index (χ0v) is 11.3. The highest BCUT2D eigenvalue weighted by atomic mass is 16.4. The summed E-state index contributed by atoms with van der Waals surface area (Å²) in [5.41, 5.74) is 0. The van der Waals surface area contributed by atoms with E-state index in [4.69, 9.17) is 10.2 Å². The average molecular weight is 275 g/mol. The Balaban J connectivity index is 3.98. The lowest BCUT2D eigenvalue weighted by atomic mass is 10.2. The summed E-state index contributed by atoms with van der Waals surface area (Å²) in [5.74, 6) is -1.56. The van der Waals surface area contributed by atoms with Crippen LogP contribution in [-0.4, -0.2) is 65.3 Å². The number of aliphatic hydroxyl groups is 1. The minimum Gasteiger partial charge on any atom is -0.479 e. The molecule has 1 unspecified atom stereocenters. The van der Waals surface area contributed by atoms with Crippen LogP contribution in [0.3, 0.4) is 0 Å². The number of nitrogens with zero attached hydrogens (tertiary/aromatic N) is 1. The molecule has 4 N–H and O–H groups in total. The van der Waals surface area contributed by atoms with Crippen LogP contribution in [0, 0.1) is 0 Å². The summed E-state index contributed by atoms with van der Waals surface area (Å²) in [7, 11) is 1.63. The van der Waals surface area contributed by atoms with Crippen LogP contribution >= 0.6 is 0 Å². The third-order valence-electron chi connectivity index (χ3n) is 2.56. The van der Waals surface area contributed by atoms with Crippen molar-refractivity contribution in [2.24, 2.45) is 0 Å². The number of nitrogens with one attached hydrogen (secondary N) is 2. The molecule has 110 valence electrons. The first-order valence-corrected chi connectivity index (χ1v) is 5.99. The van der Waals surface area contributed by atoms with Gasteiger partial charge in [-0.15, -0.1) is 0 Å². The van der Waals surface area contributed by atoms with Crippen molar-refractivity contribution in [3.05, 3.63) is 0 Å². The fraction of sp³-hybridized carbons (Fsp3) is 0.727. The molecule has 0 aliphatic heterocycles. The minimum absolute atomic E-state index is 0.00380. The predicted octanol–water partition coefficient (Wildman–Crippen LogP) is -1.01. The van der Waals surface area contributed by atoms with Crippen LogP contribution in [0.25, 0.3) is 0 Å². The van der Waals surface area contributed by atoms with Crippen LogP contribution in [0.5, 0.6) is 0 Å². The van der Waals surface area contributed by atoms with Gasteiger partial charge in [0.1, 0.15) is 6.04 Å². The standard InChI is InChI=1S/C11H21N3O5/c1-4-14(3)9(16)7(2)13-11(19)12-6-5-8(15)10(17)18/h7-8,15H,4-6H2,1-3H3,(H,17,18)(H2,12,13,19)/t7?,8-/m0/s1. The fourth-order valence-corrected chi connectivity index (χ4v) is 1.24. The minimum atomic E-state index is -1.51. The van der Waals surface area contributed by atoms with Crippen molar-refractivity contribution in [1.82, 2.24) is 15.5 Å². The Bertz CT molecular complexity index is 334. The van der Waals surface area contributed by atoms with E-state index in [0.29, 0.717) is 6.54 Å². The number of aliphatic carboxylic acids is 1. The summed E-state index contributed by atoms with van der Waals surface area (Å²) in [5, 5.41) is 22.2. The maximum Gasteiger partial charge on any atom is 0.332 e. The van der Waals surface area contributed by atoms with Crippen molar-refractivity contribution in [3.8, 4) is 0 Å². The van der Waals surface area contributed by atoms with Gasteiger partial charge in [-0.2, -0.15) is 0 Å². The largest absolute Gasteiger partial charge is 0.479 e. The van der Waals surface area contributed by atoms with Gasteiger partial charge in [0.15, 0.2) is 6.10 Å². The number of urea groups is 1. The summed E-state index contributed by atoms with van der Waals surface area (Å²) in [6.45, 7) is 3.92. The second-order valence-electron chi connectivity index (χ2n) is 4.12. The van der Waals surface area contributed by atoms with Gasteiger partial charge in [-0.3, -0.25) is 4.79 Å². The van der Waals surface area contributed by atoms with E-state index in [1.54, 1.807) is 14.0 Å². The molecule has 2 atom stereocenters. The second kappa shape index (κ2) is 8.30. The molecule has 3 amide bonds. The van der Waals surface area contributed by atoms with E-state index in [1.807, 2.05) is 6.92 Å². The summed E-state index contributed by atoms with van der Waals surface area (Å²) in [6.07, 6.45) is -1.61. The summed E-state index contributed by atoms with van der Waals surface area (Å²) in [6, 6.07) is -1.25. The van der Waals surface area contributed by atoms with Crippen molar-refractivity contribution < 1.29 is 24.6 Å². The summed E-state index contributed by atoms with van der Waals surface area (Å²) in [4.78, 5) is 34.8. The Labute approximate surface area is 111 Å². The van der Waals surface area contributed by atoms with Crippen molar-refractivity contribution in [1.29, 1.82) is 0 Å². The smallest absolute Gasteiger partial charge is 0.332 e. The number of carbonyl (C=O) groups excluding carboxylic acids is 2. The van der Waals surface area contributed by atoms with E-state index >= 15 is 0 Å². The van der Waals surface area contributed by atoms with Crippen LogP contribution in [0.1, 0.15) is 20.3 Å². The van der Waals surface area contributed by atoms with Crippen LogP contribution in [-0.2, 0) is 9.59 Å². The van der Waals surface area contributed by atoms with Gasteiger partial charge in [-0.25, -0.2) is 9.59 Å². The molecule has 0 spiro atoms. The zero-order valence-electron chi connectivity index (χ0n) is 11.3. The van der Waals surface area contributed by atoms with Crippen LogP contribution in [0.15, 0.2) is 0 Å².